The SMILES string of the molecule is CCCNC(CCC1CCCO1)c1cc(F)ccc1Cl. The zero-order chi connectivity index (χ0) is 14.4. The van der Waals surface area contributed by atoms with Gasteiger partial charge < -0.3 is 10.1 Å². The van der Waals surface area contributed by atoms with E-state index in [1.807, 2.05) is 0 Å². The number of halogens is 2. The standard InChI is InChI=1S/C16H23ClFNO/c1-2-9-19-16(8-6-13-4-3-10-20-13)14-11-12(18)5-7-15(14)17/h5,7,11,13,16,19H,2-4,6,8-10H2,1H3. The van der Waals surface area contributed by atoms with E-state index in [2.05, 4.69) is 12.2 Å². The zero-order valence-electron chi connectivity index (χ0n) is 12.0. The summed E-state index contributed by atoms with van der Waals surface area (Å²) >= 11 is 6.23. The number of rotatable bonds is 7. The molecule has 1 aromatic carbocycles. The van der Waals surface area contributed by atoms with E-state index in [4.69, 9.17) is 16.3 Å². The first-order valence-electron chi connectivity index (χ1n) is 7.50. The Labute approximate surface area is 125 Å². The maximum atomic E-state index is 13.5. The molecule has 1 aromatic rings. The van der Waals surface area contributed by atoms with E-state index in [-0.39, 0.29) is 11.9 Å². The van der Waals surface area contributed by atoms with Gasteiger partial charge in [-0.15, -0.1) is 0 Å². The molecule has 2 unspecified atom stereocenters. The Balaban J connectivity index is 2.02. The molecule has 4 heteroatoms. The molecule has 0 spiro atoms. The van der Waals surface area contributed by atoms with Crippen molar-refractivity contribution in [3.63, 3.8) is 0 Å². The van der Waals surface area contributed by atoms with Crippen LogP contribution in [-0.2, 0) is 4.74 Å². The van der Waals surface area contributed by atoms with Gasteiger partial charge in [0.2, 0.25) is 0 Å². The summed E-state index contributed by atoms with van der Waals surface area (Å²) in [4.78, 5) is 0. The lowest BCUT2D eigenvalue weighted by atomic mass is 9.99. The second-order valence-corrected chi connectivity index (χ2v) is 5.79. The van der Waals surface area contributed by atoms with E-state index in [1.165, 1.54) is 6.07 Å². The molecule has 1 aliphatic heterocycles. The van der Waals surface area contributed by atoms with Crippen LogP contribution in [0.15, 0.2) is 18.2 Å². The summed E-state index contributed by atoms with van der Waals surface area (Å²) in [5, 5.41) is 4.10. The molecule has 0 saturated carbocycles. The van der Waals surface area contributed by atoms with Crippen LogP contribution < -0.4 is 5.32 Å². The Morgan fingerprint density at radius 3 is 3.05 bits per heavy atom. The van der Waals surface area contributed by atoms with Crippen LogP contribution in [0.2, 0.25) is 5.02 Å². The quantitative estimate of drug-likeness (QED) is 0.801. The molecule has 20 heavy (non-hydrogen) atoms. The van der Waals surface area contributed by atoms with Crippen molar-refractivity contribution in [3.05, 3.63) is 34.6 Å². The lowest BCUT2D eigenvalue weighted by molar-refractivity contribution is 0.0996. The topological polar surface area (TPSA) is 21.3 Å². The minimum atomic E-state index is -0.232. The summed E-state index contributed by atoms with van der Waals surface area (Å²) in [6, 6.07) is 4.69. The first-order valence-corrected chi connectivity index (χ1v) is 7.88. The molecule has 2 atom stereocenters. The highest BCUT2D eigenvalue weighted by Crippen LogP contribution is 2.29. The van der Waals surface area contributed by atoms with Crippen LogP contribution in [0.4, 0.5) is 4.39 Å². The summed E-state index contributed by atoms with van der Waals surface area (Å²) in [7, 11) is 0. The largest absolute Gasteiger partial charge is 0.378 e. The maximum Gasteiger partial charge on any atom is 0.123 e. The van der Waals surface area contributed by atoms with Gasteiger partial charge in [0.15, 0.2) is 0 Å². The van der Waals surface area contributed by atoms with Crippen molar-refractivity contribution in [1.29, 1.82) is 0 Å². The van der Waals surface area contributed by atoms with Gasteiger partial charge in [-0.05, 0) is 62.4 Å². The van der Waals surface area contributed by atoms with Crippen molar-refractivity contribution in [1.82, 2.24) is 5.32 Å². The molecule has 0 aromatic heterocycles. The molecule has 1 N–H and O–H groups in total. The molecule has 0 aliphatic carbocycles. The van der Waals surface area contributed by atoms with Gasteiger partial charge in [-0.3, -0.25) is 0 Å². The Hall–Kier alpha value is -0.640. The van der Waals surface area contributed by atoms with Crippen LogP contribution in [-0.4, -0.2) is 19.3 Å². The molecule has 1 fully saturated rings. The van der Waals surface area contributed by atoms with Gasteiger partial charge in [-0.25, -0.2) is 4.39 Å². The Kier molecular flexibility index (Phi) is 6.27. The van der Waals surface area contributed by atoms with Crippen LogP contribution in [0.1, 0.15) is 50.6 Å². The van der Waals surface area contributed by atoms with Gasteiger partial charge in [0.25, 0.3) is 0 Å². The van der Waals surface area contributed by atoms with E-state index < -0.39 is 0 Å². The summed E-state index contributed by atoms with van der Waals surface area (Å²) in [6.45, 7) is 3.90. The zero-order valence-corrected chi connectivity index (χ0v) is 12.8. The van der Waals surface area contributed by atoms with E-state index in [9.17, 15) is 4.39 Å². The predicted molar refractivity (Wildman–Crippen MR) is 80.7 cm³/mol. The third kappa shape index (κ3) is 4.44. The maximum absolute atomic E-state index is 13.5. The summed E-state index contributed by atoms with van der Waals surface area (Å²) in [6.07, 6.45) is 5.61. The average Bonchev–Trinajstić information content (AvgIpc) is 2.95. The van der Waals surface area contributed by atoms with Gasteiger partial charge in [0.1, 0.15) is 5.82 Å². The molecular formula is C16H23ClFNO. The van der Waals surface area contributed by atoms with Crippen LogP contribution in [0.3, 0.4) is 0 Å². The molecule has 112 valence electrons. The molecule has 2 rings (SSSR count). The van der Waals surface area contributed by atoms with Crippen LogP contribution in [0.5, 0.6) is 0 Å². The number of hydrogen-bond acceptors (Lipinski definition) is 2. The molecule has 0 radical (unpaired) electrons. The van der Waals surface area contributed by atoms with Crippen molar-refractivity contribution in [2.45, 2.75) is 51.2 Å². The van der Waals surface area contributed by atoms with E-state index >= 15 is 0 Å². The van der Waals surface area contributed by atoms with Gasteiger partial charge in [-0.1, -0.05) is 18.5 Å². The second kappa shape index (κ2) is 7.96. The van der Waals surface area contributed by atoms with Crippen molar-refractivity contribution >= 4 is 11.6 Å². The predicted octanol–water partition coefficient (Wildman–Crippen LogP) is 4.48. The summed E-state index contributed by atoms with van der Waals surface area (Å²) in [5.41, 5.74) is 0.859. The molecule has 1 saturated heterocycles. The van der Waals surface area contributed by atoms with Crippen molar-refractivity contribution in [2.75, 3.05) is 13.2 Å². The van der Waals surface area contributed by atoms with Crippen LogP contribution in [0.25, 0.3) is 0 Å². The minimum absolute atomic E-state index is 0.0994. The minimum Gasteiger partial charge on any atom is -0.378 e. The first kappa shape index (κ1) is 15.7. The number of hydrogen-bond donors (Lipinski definition) is 1. The average molecular weight is 300 g/mol. The lowest BCUT2D eigenvalue weighted by Gasteiger charge is -2.21. The Morgan fingerprint density at radius 1 is 1.50 bits per heavy atom. The van der Waals surface area contributed by atoms with Crippen LogP contribution in [0, 0.1) is 5.82 Å². The fraction of sp³-hybridized carbons (Fsp3) is 0.625. The highest BCUT2D eigenvalue weighted by Gasteiger charge is 2.20. The van der Waals surface area contributed by atoms with E-state index in [0.29, 0.717) is 11.1 Å². The monoisotopic (exact) mass is 299 g/mol. The highest BCUT2D eigenvalue weighted by atomic mass is 35.5. The fourth-order valence-electron chi connectivity index (χ4n) is 2.69. The van der Waals surface area contributed by atoms with Crippen LogP contribution >= 0.6 is 11.6 Å². The fourth-order valence-corrected chi connectivity index (χ4v) is 2.94. The molecule has 1 heterocycles. The summed E-state index contributed by atoms with van der Waals surface area (Å²) in [5.74, 6) is -0.232. The smallest absolute Gasteiger partial charge is 0.123 e. The number of benzene rings is 1. The Morgan fingerprint density at radius 2 is 2.35 bits per heavy atom. The van der Waals surface area contributed by atoms with Gasteiger partial charge in [0, 0.05) is 17.7 Å². The summed E-state index contributed by atoms with van der Waals surface area (Å²) < 4.78 is 19.1. The lowest BCUT2D eigenvalue weighted by Crippen LogP contribution is -2.24. The second-order valence-electron chi connectivity index (χ2n) is 5.38. The normalized spacial score (nSPS) is 20.2. The van der Waals surface area contributed by atoms with Gasteiger partial charge in [0.05, 0.1) is 6.10 Å². The molecule has 2 nitrogen and oxygen atoms in total. The molecular weight excluding hydrogens is 277 g/mol. The van der Waals surface area contributed by atoms with Crippen molar-refractivity contribution in [2.24, 2.45) is 0 Å². The molecule has 0 amide bonds. The van der Waals surface area contributed by atoms with Gasteiger partial charge in [-0.2, -0.15) is 0 Å². The van der Waals surface area contributed by atoms with E-state index in [0.717, 1.165) is 50.8 Å². The third-order valence-corrected chi connectivity index (χ3v) is 4.12. The van der Waals surface area contributed by atoms with Crippen molar-refractivity contribution in [3.8, 4) is 0 Å². The third-order valence-electron chi connectivity index (χ3n) is 3.78. The van der Waals surface area contributed by atoms with E-state index in [1.54, 1.807) is 12.1 Å². The Bertz CT molecular complexity index is 421. The highest BCUT2D eigenvalue weighted by molar-refractivity contribution is 6.31. The number of nitrogens with one attached hydrogen (secondary N) is 1. The van der Waals surface area contributed by atoms with Gasteiger partial charge >= 0.3 is 0 Å². The number of ether oxygens (including phenoxy) is 1. The van der Waals surface area contributed by atoms with Crippen molar-refractivity contribution < 1.29 is 9.13 Å². The molecule has 0 bridgehead atoms. The molecule has 1 aliphatic rings. The first-order chi connectivity index (χ1) is 9.70.